The van der Waals surface area contributed by atoms with Gasteiger partial charge in [0.15, 0.2) is 0 Å². The maximum atomic E-state index is 13.8. The van der Waals surface area contributed by atoms with Gasteiger partial charge in [-0.1, -0.05) is 27.7 Å². The zero-order valence-electron chi connectivity index (χ0n) is 37.5. The summed E-state index contributed by atoms with van der Waals surface area (Å²) in [6, 6.07) is -12.0. The molecule has 0 spiro atoms. The van der Waals surface area contributed by atoms with Gasteiger partial charge in [-0.15, -0.1) is 0 Å². The predicted octanol–water partition coefficient (Wildman–Crippen LogP) is -4.74. The Balaban J connectivity index is 6.44. The van der Waals surface area contributed by atoms with Crippen LogP contribution >= 0.6 is 11.8 Å². The van der Waals surface area contributed by atoms with Gasteiger partial charge in [0, 0.05) is 12.8 Å². The summed E-state index contributed by atoms with van der Waals surface area (Å²) >= 11 is 1.32. The van der Waals surface area contributed by atoms with Gasteiger partial charge in [0.2, 0.25) is 47.3 Å². The van der Waals surface area contributed by atoms with Crippen LogP contribution in [0.3, 0.4) is 0 Å². The van der Waals surface area contributed by atoms with Gasteiger partial charge < -0.3 is 74.8 Å². The summed E-state index contributed by atoms with van der Waals surface area (Å²) < 4.78 is 0. The number of carbonyl (C=O) groups excluding carboxylic acids is 8. The van der Waals surface area contributed by atoms with Crippen molar-refractivity contribution in [1.82, 2.24) is 37.2 Å². The van der Waals surface area contributed by atoms with E-state index in [1.807, 2.05) is 0 Å². The number of hydrogen-bond donors (Lipinski definition) is 14. The summed E-state index contributed by atoms with van der Waals surface area (Å²) in [5.41, 5.74) is 15.0. The van der Waals surface area contributed by atoms with Gasteiger partial charge in [-0.25, -0.2) is 4.79 Å². The molecule has 18 N–H and O–H groups in total. The third kappa shape index (κ3) is 24.3. The number of carboxylic acids is 3. The highest BCUT2D eigenvalue weighted by Crippen LogP contribution is 2.11. The molecule has 0 aliphatic rings. The number of hydrogen-bond acceptors (Lipinski definition) is 14. The first-order valence-electron chi connectivity index (χ1n) is 21.1. The zero-order chi connectivity index (χ0) is 50.0. The molecule has 65 heavy (non-hydrogen) atoms. The van der Waals surface area contributed by atoms with E-state index in [1.165, 1.54) is 11.8 Å². The second kappa shape index (κ2) is 31.3. The molecular weight excluding hydrogens is 881 g/mol. The van der Waals surface area contributed by atoms with E-state index >= 15 is 0 Å². The number of nitrogens with one attached hydrogen (secondary N) is 7. The topological polar surface area (TPSA) is 433 Å². The number of primary amides is 1. The van der Waals surface area contributed by atoms with Crippen molar-refractivity contribution in [3.05, 3.63) is 0 Å². The van der Waals surface area contributed by atoms with Crippen molar-refractivity contribution in [2.24, 2.45) is 23.3 Å². The molecule has 0 fully saturated rings. The maximum absolute atomic E-state index is 13.8. The number of thioether (sulfide) groups is 1. The van der Waals surface area contributed by atoms with Crippen molar-refractivity contribution < 1.29 is 78.9 Å². The molecule has 0 saturated heterocycles. The van der Waals surface area contributed by atoms with Gasteiger partial charge in [-0.3, -0.25) is 47.9 Å². The monoisotopic (exact) mass is 949 g/mol. The number of amides is 8. The Morgan fingerprint density at radius 3 is 1.42 bits per heavy atom. The van der Waals surface area contributed by atoms with Gasteiger partial charge in [-0.05, 0) is 68.8 Å². The molecule has 0 aliphatic carbocycles. The van der Waals surface area contributed by atoms with Crippen molar-refractivity contribution in [2.45, 2.75) is 140 Å². The lowest BCUT2D eigenvalue weighted by Gasteiger charge is -2.28. The van der Waals surface area contributed by atoms with E-state index in [9.17, 15) is 73.2 Å². The van der Waals surface area contributed by atoms with Gasteiger partial charge in [0.05, 0.1) is 25.6 Å². The van der Waals surface area contributed by atoms with E-state index in [4.69, 9.17) is 11.5 Å². The van der Waals surface area contributed by atoms with E-state index in [2.05, 4.69) is 43.0 Å². The molecule has 0 aromatic heterocycles. The molecule has 0 rings (SSSR count). The minimum absolute atomic E-state index is 0.0215. The van der Waals surface area contributed by atoms with E-state index in [0.29, 0.717) is 25.1 Å². The lowest BCUT2D eigenvalue weighted by molar-refractivity contribution is -0.368. The quantitative estimate of drug-likeness (QED) is 0.0269. The first-order valence-corrected chi connectivity index (χ1v) is 22.5. The number of quaternary nitrogens is 1. The minimum Gasteiger partial charge on any atom is -0.481 e. The summed E-state index contributed by atoms with van der Waals surface area (Å²) in [5, 5.41) is 54.6. The SMILES string of the molecule is CSCC[C@H](NC(=O)[C@H](CO)NC(=O)[C@H](CCC(=O)O)NC(=O)[C@H](CC(C)C)NC(=O)[C@H](CC(N)=O)NC(=O)[C@H](CCC(=O)O)NC(=O)[C@@H](N)CCCC[NH3+])C(=O)N[C@H](C(=O)O)C(C)C. The number of unbranched alkanes of at least 4 members (excludes halogenated alkanes) is 1. The average Bonchev–Trinajstić information content (AvgIpc) is 3.21. The van der Waals surface area contributed by atoms with E-state index in [-0.39, 0.29) is 25.2 Å². The first kappa shape index (κ1) is 59.4. The number of rotatable bonds is 34. The Morgan fingerprint density at radius 1 is 0.569 bits per heavy atom. The van der Waals surface area contributed by atoms with Crippen LogP contribution in [0.2, 0.25) is 0 Å². The Hall–Kier alpha value is -5.60. The van der Waals surface area contributed by atoms with E-state index in [0.717, 1.165) is 0 Å². The fraction of sp³-hybridized carbons (Fsp3) is 0.718. The second-order valence-electron chi connectivity index (χ2n) is 16.0. The third-order valence-electron chi connectivity index (χ3n) is 9.58. The molecule has 25 nitrogen and oxygen atoms in total. The van der Waals surface area contributed by atoms with Crippen LogP contribution in [-0.4, -0.2) is 159 Å². The summed E-state index contributed by atoms with van der Waals surface area (Å²) in [5.74, 6) is -12.8. The molecule has 0 aromatic rings. The number of aliphatic hydroxyl groups excluding tert-OH is 1. The lowest BCUT2D eigenvalue weighted by Crippen LogP contribution is -2.61. The van der Waals surface area contributed by atoms with Crippen LogP contribution in [0, 0.1) is 11.8 Å². The number of carbonyl (C=O) groups is 11. The average molecular weight is 950 g/mol. The molecule has 0 saturated carbocycles. The second-order valence-corrected chi connectivity index (χ2v) is 17.0. The third-order valence-corrected chi connectivity index (χ3v) is 10.2. The molecule has 26 heteroatoms. The molecular formula is C39H69N10O15S+. The van der Waals surface area contributed by atoms with Gasteiger partial charge in [0.1, 0.15) is 42.3 Å². The van der Waals surface area contributed by atoms with Crippen molar-refractivity contribution >= 4 is 76.9 Å². The lowest BCUT2D eigenvalue weighted by atomic mass is 10.0. The van der Waals surface area contributed by atoms with E-state index < -0.39 is 158 Å². The fourth-order valence-electron chi connectivity index (χ4n) is 5.97. The number of aliphatic carboxylic acids is 3. The van der Waals surface area contributed by atoms with Gasteiger partial charge >= 0.3 is 17.9 Å². The van der Waals surface area contributed by atoms with Crippen molar-refractivity contribution in [1.29, 1.82) is 0 Å². The fourth-order valence-corrected chi connectivity index (χ4v) is 6.44. The zero-order valence-corrected chi connectivity index (χ0v) is 38.3. The van der Waals surface area contributed by atoms with Crippen LogP contribution < -0.4 is 54.4 Å². The molecule has 0 aliphatic heterocycles. The van der Waals surface area contributed by atoms with Crippen molar-refractivity contribution in [2.75, 3.05) is 25.2 Å². The summed E-state index contributed by atoms with van der Waals surface area (Å²) in [6.07, 6.45) is -0.0804. The number of nitrogens with two attached hydrogens (primary N) is 2. The van der Waals surface area contributed by atoms with Crippen molar-refractivity contribution in [3.8, 4) is 0 Å². The minimum atomic E-state index is -1.78. The number of aliphatic hydroxyl groups is 1. The summed E-state index contributed by atoms with van der Waals surface area (Å²) in [4.78, 5) is 140. The van der Waals surface area contributed by atoms with Crippen LogP contribution in [0.15, 0.2) is 0 Å². The maximum Gasteiger partial charge on any atom is 0.326 e. The highest BCUT2D eigenvalue weighted by atomic mass is 32.2. The van der Waals surface area contributed by atoms with Gasteiger partial charge in [0.25, 0.3) is 0 Å². The van der Waals surface area contributed by atoms with E-state index in [1.54, 1.807) is 34.0 Å². The molecule has 370 valence electrons. The Kier molecular flexibility index (Phi) is 28.6. The molecule has 0 aromatic carbocycles. The standard InChI is InChI=1S/C39H68N10O15S/c1-19(2)16-25(46-37(61)26(17-28(42)51)47-33(57)22(9-11-29(52)53)43-32(56)21(41)8-6-7-14-40)36(60)44-23(10-12-30(54)55)34(58)48-27(18-50)38(62)45-24(13-15-65-5)35(59)49-31(20(3)4)39(63)64/h19-27,31,50H,6-18,40-41H2,1-5H3,(H2,42,51)(H,43,56)(H,44,60)(H,45,62)(H,46,61)(H,47,57)(H,48,58)(H,49,59)(H,52,53)(H,54,55)(H,63,64)/p+1/t21-,22-,23-,24-,25-,26-,27-,31-/m0/s1. The largest absolute Gasteiger partial charge is 0.481 e. The highest BCUT2D eigenvalue weighted by molar-refractivity contribution is 7.98. The van der Waals surface area contributed by atoms with Crippen LogP contribution in [-0.2, 0) is 52.7 Å². The van der Waals surface area contributed by atoms with Crippen molar-refractivity contribution in [3.63, 3.8) is 0 Å². The smallest absolute Gasteiger partial charge is 0.326 e. The Morgan fingerprint density at radius 2 is 0.985 bits per heavy atom. The molecule has 0 heterocycles. The molecule has 0 bridgehead atoms. The summed E-state index contributed by atoms with van der Waals surface area (Å²) in [7, 11) is 0. The normalized spacial score (nSPS) is 14.8. The Bertz CT molecular complexity index is 1650. The Labute approximate surface area is 381 Å². The molecule has 8 atom stereocenters. The van der Waals surface area contributed by atoms with Gasteiger partial charge in [-0.2, -0.15) is 11.8 Å². The first-order chi connectivity index (χ1) is 30.4. The predicted molar refractivity (Wildman–Crippen MR) is 233 cm³/mol. The van der Waals surface area contributed by atoms with Crippen LogP contribution in [0.1, 0.15) is 91.9 Å². The molecule has 0 unspecified atom stereocenters. The molecule has 0 radical (unpaired) electrons. The van der Waals surface area contributed by atoms with Crippen LogP contribution in [0.25, 0.3) is 0 Å². The van der Waals surface area contributed by atoms with Crippen LogP contribution in [0.5, 0.6) is 0 Å². The van der Waals surface area contributed by atoms with Crippen LogP contribution in [0.4, 0.5) is 0 Å². The highest BCUT2D eigenvalue weighted by Gasteiger charge is 2.35. The summed E-state index contributed by atoms with van der Waals surface area (Å²) in [6.45, 7) is 5.99. The molecule has 8 amide bonds. The number of carboxylic acid groups (broad SMARTS) is 3.